The third kappa shape index (κ3) is 3.65. The smallest absolute Gasteiger partial charge is 0.261 e. The summed E-state index contributed by atoms with van der Waals surface area (Å²) in [5.74, 6) is -0.850. The Balaban J connectivity index is 1.49. The maximum Gasteiger partial charge on any atom is 0.261 e. The molecule has 0 spiro atoms. The predicted octanol–water partition coefficient (Wildman–Crippen LogP) is 3.37. The molecule has 0 aliphatic carbocycles. The summed E-state index contributed by atoms with van der Waals surface area (Å²) in [6.45, 7) is 2.02. The average Bonchev–Trinajstić information content (AvgIpc) is 2.99. The van der Waals surface area contributed by atoms with Crippen molar-refractivity contribution >= 4 is 17.7 Å². The van der Waals surface area contributed by atoms with Gasteiger partial charge in [0.25, 0.3) is 17.7 Å². The maximum atomic E-state index is 12.7. The minimum Gasteiger partial charge on any atom is -0.346 e. The third-order valence-corrected chi connectivity index (χ3v) is 4.96. The fraction of sp³-hybridized carbons (Fsp3) is 0.130. The summed E-state index contributed by atoms with van der Waals surface area (Å²) in [7, 11) is 0. The van der Waals surface area contributed by atoms with Crippen molar-refractivity contribution in [1.29, 1.82) is 0 Å². The van der Waals surface area contributed by atoms with E-state index in [2.05, 4.69) is 10.3 Å². The van der Waals surface area contributed by atoms with Gasteiger partial charge in [0.15, 0.2) is 0 Å². The van der Waals surface area contributed by atoms with Crippen LogP contribution in [0.4, 0.5) is 0 Å². The van der Waals surface area contributed by atoms with E-state index in [0.29, 0.717) is 22.3 Å². The van der Waals surface area contributed by atoms with Crippen LogP contribution in [0.3, 0.4) is 0 Å². The van der Waals surface area contributed by atoms with Crippen molar-refractivity contribution in [3.63, 3.8) is 0 Å². The molecule has 29 heavy (non-hydrogen) atoms. The van der Waals surface area contributed by atoms with Gasteiger partial charge in [-0.15, -0.1) is 0 Å². The van der Waals surface area contributed by atoms with Crippen LogP contribution in [0.25, 0.3) is 0 Å². The number of hydrogen-bond donors (Lipinski definition) is 1. The Morgan fingerprint density at radius 3 is 2.28 bits per heavy atom. The van der Waals surface area contributed by atoms with Gasteiger partial charge in [-0.3, -0.25) is 24.3 Å². The minimum atomic E-state index is -0.313. The highest BCUT2D eigenvalue weighted by atomic mass is 16.2. The molecular formula is C23H19N3O3. The Bertz CT molecular complexity index is 1060. The SMILES string of the molecule is CC(NC(=O)c1cccc(CN2C(=O)c3ccccc3C2=O)c1)c1ccncc1. The first kappa shape index (κ1) is 18.6. The number of carbonyl (C=O) groups excluding carboxylic acids is 3. The molecule has 0 saturated carbocycles. The molecular weight excluding hydrogens is 366 g/mol. The van der Waals surface area contributed by atoms with Gasteiger partial charge in [-0.05, 0) is 54.4 Å². The summed E-state index contributed by atoms with van der Waals surface area (Å²) in [6.07, 6.45) is 3.36. The van der Waals surface area contributed by atoms with Crippen LogP contribution in [0.15, 0.2) is 73.1 Å². The van der Waals surface area contributed by atoms with Gasteiger partial charge in [0.2, 0.25) is 0 Å². The Morgan fingerprint density at radius 2 is 1.62 bits per heavy atom. The minimum absolute atomic E-state index is 0.118. The first-order valence-corrected chi connectivity index (χ1v) is 9.29. The van der Waals surface area contributed by atoms with E-state index in [4.69, 9.17) is 0 Å². The molecule has 1 unspecified atom stereocenters. The van der Waals surface area contributed by atoms with E-state index in [1.54, 1.807) is 60.9 Å². The summed E-state index contributed by atoms with van der Waals surface area (Å²) in [4.78, 5) is 42.9. The van der Waals surface area contributed by atoms with Gasteiger partial charge in [0, 0.05) is 18.0 Å². The summed E-state index contributed by atoms with van der Waals surface area (Å²) in [6, 6.07) is 17.3. The molecule has 1 atom stereocenters. The van der Waals surface area contributed by atoms with Crippen LogP contribution in [0.1, 0.15) is 55.2 Å². The monoisotopic (exact) mass is 385 g/mol. The summed E-state index contributed by atoms with van der Waals surface area (Å²) in [5.41, 5.74) is 2.97. The van der Waals surface area contributed by atoms with Crippen LogP contribution >= 0.6 is 0 Å². The number of benzene rings is 2. The lowest BCUT2D eigenvalue weighted by molar-refractivity contribution is 0.0642. The number of pyridine rings is 1. The van der Waals surface area contributed by atoms with Crippen LogP contribution in [-0.4, -0.2) is 27.6 Å². The zero-order valence-corrected chi connectivity index (χ0v) is 15.8. The second kappa shape index (κ2) is 7.67. The molecule has 0 saturated heterocycles. The Kier molecular flexibility index (Phi) is 4.91. The molecule has 1 aromatic heterocycles. The number of amides is 3. The molecule has 2 heterocycles. The van der Waals surface area contributed by atoms with Gasteiger partial charge in [-0.25, -0.2) is 0 Å². The second-order valence-corrected chi connectivity index (χ2v) is 6.92. The molecule has 3 amide bonds. The molecule has 0 radical (unpaired) electrons. The molecule has 144 valence electrons. The second-order valence-electron chi connectivity index (χ2n) is 6.92. The van der Waals surface area contributed by atoms with E-state index >= 15 is 0 Å². The van der Waals surface area contributed by atoms with Crippen LogP contribution in [0.5, 0.6) is 0 Å². The Hall–Kier alpha value is -3.80. The zero-order chi connectivity index (χ0) is 20.4. The van der Waals surface area contributed by atoms with E-state index in [1.807, 2.05) is 19.1 Å². The summed E-state index contributed by atoms with van der Waals surface area (Å²) in [5, 5.41) is 2.95. The summed E-state index contributed by atoms with van der Waals surface area (Å²) < 4.78 is 0. The molecule has 6 nitrogen and oxygen atoms in total. The topological polar surface area (TPSA) is 79.4 Å². The number of fused-ring (bicyclic) bond motifs is 1. The lowest BCUT2D eigenvalue weighted by atomic mass is 10.1. The standard InChI is InChI=1S/C23H19N3O3/c1-15(17-9-11-24-12-10-17)25-21(27)18-6-4-5-16(13-18)14-26-22(28)19-7-2-3-8-20(19)23(26)29/h2-13,15H,14H2,1H3,(H,25,27). The van der Waals surface area contributed by atoms with Gasteiger partial charge < -0.3 is 5.32 Å². The van der Waals surface area contributed by atoms with E-state index < -0.39 is 0 Å². The van der Waals surface area contributed by atoms with E-state index in [0.717, 1.165) is 5.56 Å². The first-order valence-electron chi connectivity index (χ1n) is 9.29. The van der Waals surface area contributed by atoms with E-state index in [1.165, 1.54) is 4.90 Å². The van der Waals surface area contributed by atoms with Crippen molar-refractivity contribution in [2.45, 2.75) is 19.5 Å². The molecule has 0 bridgehead atoms. The van der Waals surface area contributed by atoms with Gasteiger partial charge in [-0.1, -0.05) is 24.3 Å². The fourth-order valence-corrected chi connectivity index (χ4v) is 3.39. The molecule has 1 N–H and O–H groups in total. The van der Waals surface area contributed by atoms with E-state index in [-0.39, 0.29) is 30.3 Å². The average molecular weight is 385 g/mol. The van der Waals surface area contributed by atoms with E-state index in [9.17, 15) is 14.4 Å². The number of carbonyl (C=O) groups is 3. The normalized spacial score (nSPS) is 13.9. The highest BCUT2D eigenvalue weighted by molar-refractivity contribution is 6.21. The van der Waals surface area contributed by atoms with Crippen LogP contribution in [-0.2, 0) is 6.54 Å². The molecule has 3 aromatic rings. The zero-order valence-electron chi connectivity index (χ0n) is 15.8. The largest absolute Gasteiger partial charge is 0.346 e. The molecule has 1 aliphatic rings. The van der Waals surface area contributed by atoms with Crippen molar-refractivity contribution in [1.82, 2.24) is 15.2 Å². The third-order valence-electron chi connectivity index (χ3n) is 4.96. The number of nitrogens with zero attached hydrogens (tertiary/aromatic N) is 2. The molecule has 1 aliphatic heterocycles. The first-order chi connectivity index (χ1) is 14.0. The number of nitrogens with one attached hydrogen (secondary N) is 1. The molecule has 2 aromatic carbocycles. The lowest BCUT2D eigenvalue weighted by Gasteiger charge is -2.16. The van der Waals surface area contributed by atoms with Crippen molar-refractivity contribution < 1.29 is 14.4 Å². The molecule has 6 heteroatoms. The summed E-state index contributed by atoms with van der Waals surface area (Å²) >= 11 is 0. The molecule has 4 rings (SSSR count). The van der Waals surface area contributed by atoms with Gasteiger partial charge in [-0.2, -0.15) is 0 Å². The number of aromatic nitrogens is 1. The van der Waals surface area contributed by atoms with Crippen LogP contribution in [0.2, 0.25) is 0 Å². The van der Waals surface area contributed by atoms with Gasteiger partial charge >= 0.3 is 0 Å². The molecule has 0 fully saturated rings. The van der Waals surface area contributed by atoms with Crippen LogP contribution in [0, 0.1) is 0 Å². The van der Waals surface area contributed by atoms with Crippen LogP contribution < -0.4 is 5.32 Å². The fourth-order valence-electron chi connectivity index (χ4n) is 3.39. The Morgan fingerprint density at radius 1 is 0.966 bits per heavy atom. The van der Waals surface area contributed by atoms with Crippen molar-refractivity contribution in [3.05, 3.63) is 101 Å². The van der Waals surface area contributed by atoms with Crippen molar-refractivity contribution in [2.24, 2.45) is 0 Å². The number of hydrogen-bond acceptors (Lipinski definition) is 4. The number of imide groups is 1. The predicted molar refractivity (Wildman–Crippen MR) is 107 cm³/mol. The quantitative estimate of drug-likeness (QED) is 0.683. The number of rotatable bonds is 5. The van der Waals surface area contributed by atoms with Crippen molar-refractivity contribution in [2.75, 3.05) is 0 Å². The Labute approximate surface area is 168 Å². The maximum absolute atomic E-state index is 12.7. The van der Waals surface area contributed by atoms with Gasteiger partial charge in [0.1, 0.15) is 0 Å². The van der Waals surface area contributed by atoms with Crippen molar-refractivity contribution in [3.8, 4) is 0 Å². The highest BCUT2D eigenvalue weighted by Crippen LogP contribution is 2.24. The van der Waals surface area contributed by atoms with Gasteiger partial charge in [0.05, 0.1) is 23.7 Å². The lowest BCUT2D eigenvalue weighted by Crippen LogP contribution is -2.29. The highest BCUT2D eigenvalue weighted by Gasteiger charge is 2.35.